The van der Waals surface area contributed by atoms with Crippen molar-refractivity contribution in [3.63, 3.8) is 0 Å². The fourth-order valence-electron chi connectivity index (χ4n) is 12.6. The largest absolute Gasteiger partial charge is 0.595 e. The minimum Gasteiger partial charge on any atom is -0.595 e. The van der Waals surface area contributed by atoms with E-state index in [-0.39, 0.29) is 45.5 Å². The Balaban J connectivity index is 1.41. The highest BCUT2D eigenvalue weighted by molar-refractivity contribution is 6.04. The summed E-state index contributed by atoms with van der Waals surface area (Å²) in [4.78, 5) is 27.7. The third-order valence-electron chi connectivity index (χ3n) is 14.7. The van der Waals surface area contributed by atoms with Crippen LogP contribution in [0.3, 0.4) is 0 Å². The van der Waals surface area contributed by atoms with Crippen LogP contribution in [-0.2, 0) is 14.3 Å². The molecule has 0 heterocycles. The number of quaternary nitrogens is 1. The predicted octanol–water partition coefficient (Wildman–Crippen LogP) is 7.48. The Hall–Kier alpha value is -2.28. The zero-order chi connectivity index (χ0) is 32.0. The first-order valence-electron chi connectivity index (χ1n) is 16.9. The number of fused-ring (bicyclic) bond motifs is 7. The molecule has 5 fully saturated rings. The van der Waals surface area contributed by atoms with Crippen molar-refractivity contribution in [2.45, 2.75) is 99.3 Å². The highest BCUT2D eigenvalue weighted by Gasteiger charge is 2.72. The van der Waals surface area contributed by atoms with E-state index in [0.29, 0.717) is 17.8 Å². The number of ether oxygens (including phenoxy) is 1. The average molecular weight is 604 g/mol. The highest BCUT2D eigenvalue weighted by Crippen LogP contribution is 2.77. The number of rotatable bonds is 4. The van der Waals surface area contributed by atoms with E-state index >= 15 is 0 Å². The molecule has 0 amide bonds. The molecule has 0 spiro atoms. The lowest BCUT2D eigenvalue weighted by Crippen LogP contribution is -2.99. The molecule has 0 aromatic heterocycles. The van der Waals surface area contributed by atoms with E-state index in [2.05, 4.69) is 48.1 Å². The van der Waals surface area contributed by atoms with Crippen LogP contribution >= 0.6 is 0 Å². The number of hydrogen-bond donors (Lipinski definition) is 2. The maximum Gasteiger partial charge on any atom is 0.312 e. The maximum absolute atomic E-state index is 14.1. The molecule has 5 aliphatic carbocycles. The molecule has 1 unspecified atom stereocenters. The lowest BCUT2D eigenvalue weighted by molar-refractivity contribution is -0.991. The number of benzene rings is 1. The molecule has 0 aliphatic heterocycles. The van der Waals surface area contributed by atoms with E-state index in [9.17, 15) is 20.0 Å². The summed E-state index contributed by atoms with van der Waals surface area (Å²) in [6.07, 6.45) is 10.9. The van der Waals surface area contributed by atoms with E-state index in [0.717, 1.165) is 68.9 Å². The van der Waals surface area contributed by atoms with Crippen molar-refractivity contribution in [2.24, 2.45) is 56.7 Å². The number of hydrogen-bond acceptors (Lipinski definition) is 5. The van der Waals surface area contributed by atoms with Crippen LogP contribution in [0.4, 0.5) is 5.69 Å². The van der Waals surface area contributed by atoms with Gasteiger partial charge in [0.05, 0.1) is 12.5 Å². The zero-order valence-corrected chi connectivity index (χ0v) is 27.9. The molecule has 0 saturated heterocycles. The second-order valence-electron chi connectivity index (χ2n) is 16.7. The molecule has 240 valence electrons. The Morgan fingerprint density at radius 3 is 2.41 bits per heavy atom. The number of methoxy groups -OCH3 is 1. The molecule has 1 aromatic rings. The van der Waals surface area contributed by atoms with Gasteiger partial charge in [0.25, 0.3) is 0 Å². The zero-order valence-electron chi connectivity index (χ0n) is 27.9. The van der Waals surface area contributed by atoms with Crippen molar-refractivity contribution in [3.8, 4) is 0 Å². The summed E-state index contributed by atoms with van der Waals surface area (Å²) in [5, 5.41) is 20.3. The van der Waals surface area contributed by atoms with Crippen molar-refractivity contribution in [1.29, 1.82) is 0 Å². The SMILES string of the molecule is C=C(C)[C@H]1CC[C@@]2(C(=O)OC)CC[C@]3(C)[C@@H](CC[C@H]4[C@@]5(C)CC(=Cc6cccc([NH+]([O-])O)c6)C(=O)C(C)(C)[C@@H]5CC[C@]43C)[C@@H]12. The van der Waals surface area contributed by atoms with Crippen molar-refractivity contribution in [2.75, 3.05) is 7.11 Å². The lowest BCUT2D eigenvalue weighted by Gasteiger charge is -2.72. The molecule has 5 saturated carbocycles. The van der Waals surface area contributed by atoms with Crippen molar-refractivity contribution in [3.05, 3.63) is 52.8 Å². The summed E-state index contributed by atoms with van der Waals surface area (Å²) < 4.78 is 5.53. The second kappa shape index (κ2) is 10.4. The molecule has 0 bridgehead atoms. The van der Waals surface area contributed by atoms with Crippen molar-refractivity contribution < 1.29 is 24.8 Å². The Bertz CT molecular complexity index is 1410. The first kappa shape index (κ1) is 31.7. The van der Waals surface area contributed by atoms with E-state index in [1.165, 1.54) is 5.57 Å². The third-order valence-corrected chi connectivity index (χ3v) is 14.7. The minimum absolute atomic E-state index is 0.00876. The first-order valence-corrected chi connectivity index (χ1v) is 16.9. The van der Waals surface area contributed by atoms with Gasteiger partial charge < -0.3 is 9.94 Å². The summed E-state index contributed by atoms with van der Waals surface area (Å²) in [5.41, 5.74) is 2.27. The minimum atomic E-state index is -0.958. The van der Waals surface area contributed by atoms with Gasteiger partial charge in [-0.25, -0.2) is 5.21 Å². The lowest BCUT2D eigenvalue weighted by atomic mass is 9.32. The summed E-state index contributed by atoms with van der Waals surface area (Å²) in [6.45, 7) is 18.5. The number of nitrogens with one attached hydrogen (secondary N) is 1. The van der Waals surface area contributed by atoms with Crippen LogP contribution in [-0.4, -0.2) is 24.1 Å². The van der Waals surface area contributed by atoms with Gasteiger partial charge in [0.1, 0.15) is 0 Å². The molecule has 2 N–H and O–H groups in total. The molecule has 6 heteroatoms. The predicted molar refractivity (Wildman–Crippen MR) is 172 cm³/mol. The molecule has 6 nitrogen and oxygen atoms in total. The summed E-state index contributed by atoms with van der Waals surface area (Å²) in [7, 11) is 1.56. The smallest absolute Gasteiger partial charge is 0.312 e. The molecule has 1 aromatic carbocycles. The Morgan fingerprint density at radius 2 is 1.75 bits per heavy atom. The van der Waals surface area contributed by atoms with Gasteiger partial charge in [-0.05, 0) is 128 Å². The number of carbonyl (C=O) groups excluding carboxylic acids is 2. The van der Waals surface area contributed by atoms with Gasteiger partial charge in [-0.3, -0.25) is 9.59 Å². The van der Waals surface area contributed by atoms with Crippen molar-refractivity contribution >= 4 is 23.5 Å². The maximum atomic E-state index is 14.1. The molecule has 6 rings (SSSR count). The van der Waals surface area contributed by atoms with Gasteiger partial charge in [0, 0.05) is 17.5 Å². The quantitative estimate of drug-likeness (QED) is 0.161. The number of carbonyl (C=O) groups is 2. The van der Waals surface area contributed by atoms with Crippen LogP contribution in [0, 0.1) is 61.9 Å². The summed E-state index contributed by atoms with van der Waals surface area (Å²) in [6, 6.07) is 6.94. The fraction of sp³-hybridized carbons (Fsp3) is 0.684. The van der Waals surface area contributed by atoms with E-state index < -0.39 is 16.1 Å². The van der Waals surface area contributed by atoms with E-state index in [4.69, 9.17) is 4.74 Å². The normalized spacial score (nSPS) is 44.2. The van der Waals surface area contributed by atoms with E-state index in [1.54, 1.807) is 25.3 Å². The molecular formula is C38H53NO5. The number of Topliss-reactive ketones (excluding diaryl/α,β-unsaturated/α-hetero) is 1. The topological polar surface area (TPSA) is 91.1 Å². The van der Waals surface area contributed by atoms with Crippen LogP contribution < -0.4 is 5.23 Å². The number of esters is 1. The van der Waals surface area contributed by atoms with Gasteiger partial charge >= 0.3 is 5.97 Å². The molecule has 10 atom stereocenters. The molecule has 44 heavy (non-hydrogen) atoms. The summed E-state index contributed by atoms with van der Waals surface area (Å²) in [5.74, 6) is 2.00. The Labute approximate surface area is 263 Å². The van der Waals surface area contributed by atoms with Crippen LogP contribution in [0.25, 0.3) is 6.08 Å². The molecular weight excluding hydrogens is 550 g/mol. The van der Waals surface area contributed by atoms with Gasteiger partial charge in [-0.2, -0.15) is 5.23 Å². The number of ketones is 1. The van der Waals surface area contributed by atoms with Crippen LogP contribution in [0.2, 0.25) is 0 Å². The standard InChI is InChI=1S/C38H53NO5/c1-23(2)27-14-17-38(33(41)44-8)19-18-36(6)28(31(27)38)12-13-30-35(5)22-25(20-24-10-9-11-26(21-24)39(42)43)32(40)34(3,4)29(35)15-16-37(30,36)7/h9-11,20-21,27-31,39,42H,1,12-19,22H2,2-8H3/t27-,28+,29+,30+,31-,35+,36-,37-,38-/m1/s1. The molecule has 0 radical (unpaired) electrons. The first-order chi connectivity index (χ1) is 20.6. The van der Waals surface area contributed by atoms with Gasteiger partial charge in [0.2, 0.25) is 0 Å². The van der Waals surface area contributed by atoms with Gasteiger partial charge in [0.15, 0.2) is 11.5 Å². The van der Waals surface area contributed by atoms with Crippen LogP contribution in [0.1, 0.15) is 105 Å². The average Bonchev–Trinajstić information content (AvgIpc) is 3.37. The highest BCUT2D eigenvalue weighted by atomic mass is 16.8. The number of allylic oxidation sites excluding steroid dienone is 2. The van der Waals surface area contributed by atoms with Gasteiger partial charge in [-0.15, -0.1) is 0 Å². The third kappa shape index (κ3) is 4.15. The summed E-state index contributed by atoms with van der Waals surface area (Å²) >= 11 is 0. The van der Waals surface area contributed by atoms with Crippen LogP contribution in [0.15, 0.2) is 42.0 Å². The van der Waals surface area contributed by atoms with Crippen LogP contribution in [0.5, 0.6) is 0 Å². The van der Waals surface area contributed by atoms with Gasteiger partial charge in [-0.1, -0.05) is 58.9 Å². The fourth-order valence-corrected chi connectivity index (χ4v) is 12.6. The Morgan fingerprint density at radius 1 is 1.02 bits per heavy atom. The van der Waals surface area contributed by atoms with Crippen molar-refractivity contribution in [1.82, 2.24) is 0 Å². The molecule has 5 aliphatic rings. The Kier molecular flexibility index (Phi) is 7.47. The van der Waals surface area contributed by atoms with E-state index in [1.807, 2.05) is 12.1 Å². The monoisotopic (exact) mass is 603 g/mol. The second-order valence-corrected chi connectivity index (χ2v) is 16.7.